The zero-order valence-corrected chi connectivity index (χ0v) is 17.5. The number of halogens is 1. The predicted octanol–water partition coefficient (Wildman–Crippen LogP) is 3.66. The average molecular weight is 412 g/mol. The van der Waals surface area contributed by atoms with Gasteiger partial charge in [-0.2, -0.15) is 0 Å². The molecule has 2 fully saturated rings. The van der Waals surface area contributed by atoms with E-state index in [1.165, 1.54) is 0 Å². The van der Waals surface area contributed by atoms with Gasteiger partial charge in [0.1, 0.15) is 11.6 Å². The van der Waals surface area contributed by atoms with Crippen molar-refractivity contribution in [3.05, 3.63) is 29.3 Å². The summed E-state index contributed by atoms with van der Waals surface area (Å²) in [4.78, 5) is 29.1. The Hall–Kier alpha value is -1.60. The number of nitrogens with one attached hydrogen (secondary N) is 1. The fraction of sp³-hybridized carbons (Fsp3) is 0.579. The number of likely N-dealkylation sites (tertiary alicyclic amines) is 1. The molecule has 2 aliphatic rings. The summed E-state index contributed by atoms with van der Waals surface area (Å²) in [5.74, 6) is 1.63. The van der Waals surface area contributed by atoms with Crippen LogP contribution in [0.15, 0.2) is 24.3 Å². The van der Waals surface area contributed by atoms with Crippen LogP contribution in [0.2, 0.25) is 5.02 Å². The predicted molar refractivity (Wildman–Crippen MR) is 109 cm³/mol. The van der Waals surface area contributed by atoms with Gasteiger partial charge in [-0.05, 0) is 51.5 Å². The van der Waals surface area contributed by atoms with Gasteiger partial charge in [0.25, 0.3) is 0 Å². The number of nitrogens with zero attached hydrogens (tertiary/aromatic N) is 2. The number of carbonyl (C=O) groups is 2. The van der Waals surface area contributed by atoms with Crippen LogP contribution < -0.4 is 5.32 Å². The van der Waals surface area contributed by atoms with Crippen LogP contribution in [0.1, 0.15) is 27.2 Å². The molecule has 2 heterocycles. The second kappa shape index (κ2) is 8.19. The average Bonchev–Trinajstić information content (AvgIpc) is 3.24. The summed E-state index contributed by atoms with van der Waals surface area (Å²) in [5, 5.41) is 4.08. The molecule has 0 unspecified atom stereocenters. The number of rotatable bonds is 3. The zero-order valence-electron chi connectivity index (χ0n) is 15.9. The number of hydrogen-bond acceptors (Lipinski definition) is 5. The molecule has 2 atom stereocenters. The van der Waals surface area contributed by atoms with E-state index < -0.39 is 17.7 Å². The van der Waals surface area contributed by atoms with Gasteiger partial charge >= 0.3 is 6.09 Å². The second-order valence-electron chi connectivity index (χ2n) is 7.87. The first-order chi connectivity index (χ1) is 12.7. The zero-order chi connectivity index (χ0) is 19.6. The van der Waals surface area contributed by atoms with E-state index in [0.717, 1.165) is 18.0 Å². The molecule has 1 N–H and O–H groups in total. The number of anilines is 1. The normalized spacial score (nSPS) is 22.8. The fourth-order valence-electron chi connectivity index (χ4n) is 3.28. The van der Waals surface area contributed by atoms with E-state index in [-0.39, 0.29) is 11.9 Å². The van der Waals surface area contributed by atoms with Crippen molar-refractivity contribution in [2.24, 2.45) is 0 Å². The first-order valence-electron chi connectivity index (χ1n) is 9.11. The highest BCUT2D eigenvalue weighted by Gasteiger charge is 2.43. The third-order valence-electron chi connectivity index (χ3n) is 4.49. The van der Waals surface area contributed by atoms with Crippen LogP contribution in [0.25, 0.3) is 0 Å². The molecule has 1 aromatic rings. The lowest BCUT2D eigenvalue weighted by atomic mass is 10.1. The molecule has 1 aromatic carbocycles. The molecule has 148 valence electrons. The van der Waals surface area contributed by atoms with E-state index in [4.69, 9.17) is 16.3 Å². The van der Waals surface area contributed by atoms with Crippen LogP contribution in [-0.4, -0.2) is 64.2 Å². The monoisotopic (exact) mass is 411 g/mol. The first kappa shape index (κ1) is 20.1. The van der Waals surface area contributed by atoms with Gasteiger partial charge in [0, 0.05) is 35.6 Å². The molecular formula is C19H26ClN3O3S. The van der Waals surface area contributed by atoms with Crippen molar-refractivity contribution >= 4 is 41.1 Å². The van der Waals surface area contributed by atoms with Crippen LogP contribution in [0.4, 0.5) is 10.5 Å². The maximum atomic E-state index is 13.0. The molecule has 0 saturated carbocycles. The molecule has 6 nitrogen and oxygen atoms in total. The van der Waals surface area contributed by atoms with Crippen LogP contribution in [-0.2, 0) is 9.53 Å². The Bertz CT molecular complexity index is 686. The lowest BCUT2D eigenvalue weighted by Gasteiger charge is -2.29. The number of carbonyl (C=O) groups excluding carboxylic acids is 2. The van der Waals surface area contributed by atoms with Crippen LogP contribution >= 0.6 is 23.4 Å². The largest absolute Gasteiger partial charge is 0.444 e. The standard InChI is InChI=1S/C19H26ClN3O3S/c1-19(2,3)26-18(25)23-11-15(21-14-6-4-13(20)5-7-14)10-16(23)17(24)22-8-9-27-12-22/h4-7,15-16,21H,8-12H2,1-3H3/t15-,16-/m0/s1. The summed E-state index contributed by atoms with van der Waals surface area (Å²) in [7, 11) is 0. The van der Waals surface area contributed by atoms with Crippen molar-refractivity contribution in [3.8, 4) is 0 Å². The van der Waals surface area contributed by atoms with Crippen molar-refractivity contribution in [1.29, 1.82) is 0 Å². The molecule has 2 amide bonds. The number of thioether (sulfide) groups is 1. The van der Waals surface area contributed by atoms with E-state index in [2.05, 4.69) is 5.32 Å². The molecule has 0 radical (unpaired) electrons. The van der Waals surface area contributed by atoms with Gasteiger partial charge in [0.15, 0.2) is 0 Å². The van der Waals surface area contributed by atoms with Gasteiger partial charge in [-0.25, -0.2) is 4.79 Å². The second-order valence-corrected chi connectivity index (χ2v) is 9.38. The van der Waals surface area contributed by atoms with E-state index in [9.17, 15) is 9.59 Å². The third-order valence-corrected chi connectivity index (χ3v) is 5.71. The molecule has 2 saturated heterocycles. The van der Waals surface area contributed by atoms with Gasteiger partial charge in [-0.3, -0.25) is 9.69 Å². The topological polar surface area (TPSA) is 61.9 Å². The lowest BCUT2D eigenvalue weighted by Crippen LogP contribution is -2.48. The summed E-state index contributed by atoms with van der Waals surface area (Å²) in [6, 6.07) is 6.90. The number of amides is 2. The first-order valence-corrected chi connectivity index (χ1v) is 10.6. The van der Waals surface area contributed by atoms with Gasteiger partial charge in [0.2, 0.25) is 5.91 Å². The molecule has 3 rings (SSSR count). The summed E-state index contributed by atoms with van der Waals surface area (Å²) in [6.07, 6.45) is 0.120. The van der Waals surface area contributed by atoms with Gasteiger partial charge in [0.05, 0.1) is 5.88 Å². The minimum absolute atomic E-state index is 0.00580. The minimum atomic E-state index is -0.601. The number of benzene rings is 1. The van der Waals surface area contributed by atoms with Crippen LogP contribution in [0.5, 0.6) is 0 Å². The smallest absolute Gasteiger partial charge is 0.411 e. The summed E-state index contributed by atoms with van der Waals surface area (Å²) >= 11 is 7.68. The van der Waals surface area contributed by atoms with Crippen molar-refractivity contribution in [2.75, 3.05) is 30.0 Å². The van der Waals surface area contributed by atoms with Crippen molar-refractivity contribution in [2.45, 2.75) is 44.9 Å². The number of hydrogen-bond donors (Lipinski definition) is 1. The Morgan fingerprint density at radius 2 is 1.96 bits per heavy atom. The fourth-order valence-corrected chi connectivity index (χ4v) is 4.36. The van der Waals surface area contributed by atoms with Gasteiger partial charge in [-0.1, -0.05) is 11.6 Å². The van der Waals surface area contributed by atoms with E-state index in [1.54, 1.807) is 16.7 Å². The highest BCUT2D eigenvalue weighted by molar-refractivity contribution is 7.99. The van der Waals surface area contributed by atoms with Crippen molar-refractivity contribution in [1.82, 2.24) is 9.80 Å². The summed E-state index contributed by atoms with van der Waals surface area (Å²) in [6.45, 7) is 6.65. The molecule has 27 heavy (non-hydrogen) atoms. The van der Waals surface area contributed by atoms with Crippen LogP contribution in [0, 0.1) is 0 Å². The van der Waals surface area contributed by atoms with Gasteiger partial charge in [-0.15, -0.1) is 11.8 Å². The molecule has 2 aliphatic heterocycles. The molecule has 0 spiro atoms. The molecule has 0 aromatic heterocycles. The Balaban J connectivity index is 1.73. The summed E-state index contributed by atoms with van der Waals surface area (Å²) < 4.78 is 5.54. The summed E-state index contributed by atoms with van der Waals surface area (Å²) in [5.41, 5.74) is 0.314. The third kappa shape index (κ3) is 5.23. The Morgan fingerprint density at radius 1 is 1.26 bits per heavy atom. The quantitative estimate of drug-likeness (QED) is 0.822. The van der Waals surface area contributed by atoms with Crippen molar-refractivity contribution in [3.63, 3.8) is 0 Å². The Kier molecular flexibility index (Phi) is 6.11. The van der Waals surface area contributed by atoms with E-state index in [1.807, 2.05) is 49.9 Å². The molecule has 8 heteroatoms. The van der Waals surface area contributed by atoms with E-state index in [0.29, 0.717) is 23.9 Å². The maximum absolute atomic E-state index is 13.0. The Labute approximate surface area is 169 Å². The van der Waals surface area contributed by atoms with Gasteiger partial charge < -0.3 is 15.0 Å². The SMILES string of the molecule is CC(C)(C)OC(=O)N1C[C@@H](Nc2ccc(Cl)cc2)C[C@H]1C(=O)N1CCSC1. The van der Waals surface area contributed by atoms with Crippen molar-refractivity contribution < 1.29 is 14.3 Å². The van der Waals surface area contributed by atoms with Crippen LogP contribution in [0.3, 0.4) is 0 Å². The van der Waals surface area contributed by atoms with E-state index >= 15 is 0 Å². The maximum Gasteiger partial charge on any atom is 0.411 e. The highest BCUT2D eigenvalue weighted by Crippen LogP contribution is 2.27. The minimum Gasteiger partial charge on any atom is -0.444 e. The lowest BCUT2D eigenvalue weighted by molar-refractivity contribution is -0.134. The molecular weight excluding hydrogens is 386 g/mol. The number of ether oxygens (including phenoxy) is 1. The molecule has 0 bridgehead atoms. The highest BCUT2D eigenvalue weighted by atomic mass is 35.5. The Morgan fingerprint density at radius 3 is 2.56 bits per heavy atom. The molecule has 0 aliphatic carbocycles.